The summed E-state index contributed by atoms with van der Waals surface area (Å²) in [5.74, 6) is 1.90. The van der Waals surface area contributed by atoms with E-state index in [1.54, 1.807) is 13.8 Å². The molecule has 0 aliphatic heterocycles. The molecule has 0 aliphatic carbocycles. The average Bonchev–Trinajstić information content (AvgIpc) is 2.03. The Labute approximate surface area is 76.0 Å². The molecule has 0 radical (unpaired) electrons. The third kappa shape index (κ3) is 2.71. The van der Waals surface area contributed by atoms with Crippen molar-refractivity contribution in [2.24, 2.45) is 0 Å². The van der Waals surface area contributed by atoms with Gasteiger partial charge in [-0.05, 0) is 13.8 Å². The van der Waals surface area contributed by atoms with E-state index >= 15 is 0 Å². The number of ether oxygens (including phenoxy) is 1. The van der Waals surface area contributed by atoms with Crippen molar-refractivity contribution in [1.82, 2.24) is 9.97 Å². The monoisotopic (exact) mass is 180 g/mol. The van der Waals surface area contributed by atoms with Crippen LogP contribution in [0.5, 0.6) is 5.88 Å². The fraction of sp³-hybridized carbons (Fsp3) is 0.333. The molecule has 0 unspecified atom stereocenters. The van der Waals surface area contributed by atoms with E-state index in [0.717, 1.165) is 12.4 Å². The second-order valence-corrected chi connectivity index (χ2v) is 2.94. The van der Waals surface area contributed by atoms with E-state index in [2.05, 4.69) is 15.9 Å². The van der Waals surface area contributed by atoms with Crippen molar-refractivity contribution in [3.8, 4) is 18.2 Å². The molecular formula is C9H9FN2O. The van der Waals surface area contributed by atoms with Gasteiger partial charge in [-0.25, -0.2) is 9.97 Å². The summed E-state index contributed by atoms with van der Waals surface area (Å²) in [4.78, 5) is 6.99. The average molecular weight is 180 g/mol. The van der Waals surface area contributed by atoms with Gasteiger partial charge in [-0.3, -0.25) is 0 Å². The summed E-state index contributed by atoms with van der Waals surface area (Å²) in [6.07, 6.45) is 6.26. The Morgan fingerprint density at radius 3 is 2.77 bits per heavy atom. The molecule has 1 heterocycles. The molecule has 0 saturated heterocycles. The van der Waals surface area contributed by atoms with Crippen molar-refractivity contribution in [3.05, 3.63) is 18.3 Å². The number of nitrogens with zero attached hydrogens (tertiary/aromatic N) is 2. The molecule has 0 N–H and O–H groups in total. The van der Waals surface area contributed by atoms with Gasteiger partial charge in [0.1, 0.15) is 6.33 Å². The Balaban J connectivity index is 2.82. The molecule has 1 aromatic heterocycles. The summed E-state index contributed by atoms with van der Waals surface area (Å²) in [6.45, 7) is 3.38. The van der Waals surface area contributed by atoms with Crippen LogP contribution in [0.3, 0.4) is 0 Å². The van der Waals surface area contributed by atoms with Crippen LogP contribution >= 0.6 is 0 Å². The van der Waals surface area contributed by atoms with E-state index in [1.807, 2.05) is 0 Å². The van der Waals surface area contributed by atoms with Crippen molar-refractivity contribution >= 4 is 0 Å². The van der Waals surface area contributed by atoms with Gasteiger partial charge in [0.25, 0.3) is 0 Å². The summed E-state index contributed by atoms with van der Waals surface area (Å²) in [5.41, 5.74) is -0.791. The minimum atomic E-state index is -0.791. The number of halogens is 1. The van der Waals surface area contributed by atoms with Gasteiger partial charge in [-0.15, -0.1) is 6.42 Å². The summed E-state index contributed by atoms with van der Waals surface area (Å²) < 4.78 is 17.8. The zero-order valence-corrected chi connectivity index (χ0v) is 7.41. The summed E-state index contributed by atoms with van der Waals surface area (Å²) >= 11 is 0. The summed E-state index contributed by atoms with van der Waals surface area (Å²) in [6, 6.07) is 1.08. The molecular weight excluding hydrogens is 171 g/mol. The smallest absolute Gasteiger partial charge is 0.220 e. The molecule has 1 rings (SSSR count). The predicted molar refractivity (Wildman–Crippen MR) is 45.5 cm³/mol. The van der Waals surface area contributed by atoms with E-state index < -0.39 is 11.5 Å². The van der Waals surface area contributed by atoms with Crippen LogP contribution in [0.15, 0.2) is 12.4 Å². The molecule has 0 spiro atoms. The van der Waals surface area contributed by atoms with Gasteiger partial charge in [-0.1, -0.05) is 5.92 Å². The third-order valence-electron chi connectivity index (χ3n) is 1.32. The van der Waals surface area contributed by atoms with E-state index in [0.29, 0.717) is 0 Å². The third-order valence-corrected chi connectivity index (χ3v) is 1.32. The van der Waals surface area contributed by atoms with Crippen molar-refractivity contribution in [1.29, 1.82) is 0 Å². The maximum atomic E-state index is 12.6. The van der Waals surface area contributed by atoms with Crippen LogP contribution < -0.4 is 4.74 Å². The molecule has 4 heteroatoms. The molecule has 0 atom stereocenters. The minimum Gasteiger partial charge on any atom is -0.458 e. The lowest BCUT2D eigenvalue weighted by atomic mass is 10.1. The van der Waals surface area contributed by atoms with Crippen LogP contribution in [0, 0.1) is 18.3 Å². The number of terminal acetylenes is 1. The lowest BCUT2D eigenvalue weighted by Crippen LogP contribution is -2.26. The van der Waals surface area contributed by atoms with E-state index in [1.165, 1.54) is 0 Å². The maximum Gasteiger partial charge on any atom is 0.220 e. The normalized spacial score (nSPS) is 10.6. The molecule has 68 valence electrons. The quantitative estimate of drug-likeness (QED) is 0.509. The van der Waals surface area contributed by atoms with Gasteiger partial charge in [0.2, 0.25) is 11.8 Å². The van der Waals surface area contributed by atoms with Crippen molar-refractivity contribution in [2.75, 3.05) is 0 Å². The standard InChI is InChI=1S/C9H9FN2O/c1-4-9(2,3)13-8-5-7(10)11-6-12-8/h1,5-6H,2-3H3. The number of hydrogen-bond acceptors (Lipinski definition) is 3. The predicted octanol–water partition coefficient (Wildman–Crippen LogP) is 1.41. The highest BCUT2D eigenvalue weighted by atomic mass is 19.1. The van der Waals surface area contributed by atoms with Gasteiger partial charge >= 0.3 is 0 Å². The van der Waals surface area contributed by atoms with Gasteiger partial charge in [0.05, 0.1) is 6.07 Å². The Bertz CT molecular complexity index is 344. The van der Waals surface area contributed by atoms with Crippen LogP contribution in [0.4, 0.5) is 4.39 Å². The van der Waals surface area contributed by atoms with Gasteiger partial charge < -0.3 is 4.74 Å². The summed E-state index contributed by atoms with van der Waals surface area (Å²) in [7, 11) is 0. The fourth-order valence-electron chi connectivity index (χ4n) is 0.664. The molecule has 13 heavy (non-hydrogen) atoms. The van der Waals surface area contributed by atoms with Gasteiger partial charge in [0, 0.05) is 0 Å². The molecule has 3 nitrogen and oxygen atoms in total. The van der Waals surface area contributed by atoms with Crippen molar-refractivity contribution < 1.29 is 9.13 Å². The first-order valence-corrected chi connectivity index (χ1v) is 3.68. The maximum absolute atomic E-state index is 12.6. The van der Waals surface area contributed by atoms with Crippen LogP contribution in [0.25, 0.3) is 0 Å². The van der Waals surface area contributed by atoms with Crippen molar-refractivity contribution in [2.45, 2.75) is 19.4 Å². The molecule has 0 bridgehead atoms. The number of rotatable bonds is 2. The first-order chi connectivity index (χ1) is 6.03. The lowest BCUT2D eigenvalue weighted by Gasteiger charge is -2.18. The molecule has 1 aromatic rings. The first-order valence-electron chi connectivity index (χ1n) is 3.68. The summed E-state index contributed by atoms with van der Waals surface area (Å²) in [5, 5.41) is 0. The number of hydrogen-bond donors (Lipinski definition) is 0. The Hall–Kier alpha value is -1.63. The fourth-order valence-corrected chi connectivity index (χ4v) is 0.664. The second kappa shape index (κ2) is 3.40. The topological polar surface area (TPSA) is 35.0 Å². The largest absolute Gasteiger partial charge is 0.458 e. The lowest BCUT2D eigenvalue weighted by molar-refractivity contribution is 0.163. The minimum absolute atomic E-state index is 0.135. The highest BCUT2D eigenvalue weighted by Gasteiger charge is 2.16. The Kier molecular flexibility index (Phi) is 2.47. The number of aromatic nitrogens is 2. The van der Waals surface area contributed by atoms with Crippen LogP contribution in [-0.4, -0.2) is 15.6 Å². The molecule has 0 aromatic carbocycles. The van der Waals surface area contributed by atoms with Gasteiger partial charge in [-0.2, -0.15) is 4.39 Å². The van der Waals surface area contributed by atoms with E-state index in [9.17, 15) is 4.39 Å². The highest BCUT2D eigenvalue weighted by molar-refractivity contribution is 5.13. The second-order valence-electron chi connectivity index (χ2n) is 2.94. The Morgan fingerprint density at radius 1 is 1.54 bits per heavy atom. The Morgan fingerprint density at radius 2 is 2.23 bits per heavy atom. The molecule has 0 aliphatic rings. The molecule has 0 fully saturated rings. The molecule has 0 saturated carbocycles. The van der Waals surface area contributed by atoms with Crippen LogP contribution in [0.1, 0.15) is 13.8 Å². The zero-order valence-electron chi connectivity index (χ0n) is 7.41. The SMILES string of the molecule is C#CC(C)(C)Oc1cc(F)ncn1. The van der Waals surface area contributed by atoms with Crippen LogP contribution in [0.2, 0.25) is 0 Å². The zero-order chi connectivity index (χ0) is 9.90. The van der Waals surface area contributed by atoms with E-state index in [4.69, 9.17) is 11.2 Å². The van der Waals surface area contributed by atoms with E-state index in [-0.39, 0.29) is 5.88 Å². The van der Waals surface area contributed by atoms with Gasteiger partial charge in [0.15, 0.2) is 5.60 Å². The first kappa shape index (κ1) is 9.46. The highest BCUT2D eigenvalue weighted by Crippen LogP contribution is 2.14. The molecule has 0 amide bonds. The van der Waals surface area contributed by atoms with Crippen LogP contribution in [-0.2, 0) is 0 Å². The van der Waals surface area contributed by atoms with Crippen molar-refractivity contribution in [3.63, 3.8) is 0 Å².